The van der Waals surface area contributed by atoms with Crippen LogP contribution in [-0.4, -0.2) is 11.8 Å². The van der Waals surface area contributed by atoms with Gasteiger partial charge in [0, 0.05) is 11.9 Å². The second-order valence-corrected chi connectivity index (χ2v) is 7.20. The third kappa shape index (κ3) is 4.18. The summed E-state index contributed by atoms with van der Waals surface area (Å²) in [6.07, 6.45) is 0. The molecule has 0 aliphatic rings. The number of rotatable bonds is 4. The largest absolute Gasteiger partial charge is 0.344 e. The molecule has 0 aliphatic carbocycles. The predicted molar refractivity (Wildman–Crippen MR) is 92.3 cm³/mol. The van der Waals surface area contributed by atoms with Crippen molar-refractivity contribution in [1.29, 1.82) is 0 Å². The van der Waals surface area contributed by atoms with Gasteiger partial charge in [0.05, 0.1) is 6.04 Å². The van der Waals surface area contributed by atoms with Crippen LogP contribution in [0.4, 0.5) is 17.6 Å². The van der Waals surface area contributed by atoms with Crippen LogP contribution in [0.3, 0.4) is 0 Å². The Morgan fingerprint density at radius 2 is 1.54 bits per heavy atom. The van der Waals surface area contributed by atoms with E-state index in [9.17, 15) is 22.4 Å². The van der Waals surface area contributed by atoms with Gasteiger partial charge in [0.2, 0.25) is 0 Å². The van der Waals surface area contributed by atoms with E-state index in [1.807, 2.05) is 32.9 Å². The van der Waals surface area contributed by atoms with Crippen LogP contribution < -0.4 is 5.32 Å². The highest BCUT2D eigenvalue weighted by Crippen LogP contribution is 2.25. The van der Waals surface area contributed by atoms with E-state index in [-0.39, 0.29) is 17.4 Å². The van der Waals surface area contributed by atoms with Gasteiger partial charge in [0.15, 0.2) is 23.3 Å². The monoisotopic (exact) mass is 387 g/mol. The van der Waals surface area contributed by atoms with Gasteiger partial charge in [-0.2, -0.15) is 0 Å². The molecule has 0 aliphatic heterocycles. The molecule has 140 valence electrons. The van der Waals surface area contributed by atoms with Crippen molar-refractivity contribution in [1.82, 2.24) is 5.32 Å². The Morgan fingerprint density at radius 3 is 1.96 bits per heavy atom. The van der Waals surface area contributed by atoms with Crippen molar-refractivity contribution >= 4 is 17.5 Å². The van der Waals surface area contributed by atoms with Crippen LogP contribution in [0.15, 0.2) is 30.3 Å². The Hall–Kier alpha value is -2.08. The van der Waals surface area contributed by atoms with Gasteiger partial charge < -0.3 is 5.32 Å². The highest BCUT2D eigenvalue weighted by molar-refractivity contribution is 6.18. The molecule has 2 rings (SSSR count). The van der Waals surface area contributed by atoms with Crippen LogP contribution in [-0.2, 0) is 5.41 Å². The lowest BCUT2D eigenvalue weighted by molar-refractivity contribution is 0.0929. The van der Waals surface area contributed by atoms with Gasteiger partial charge in [-0.1, -0.05) is 45.0 Å². The van der Waals surface area contributed by atoms with E-state index in [1.165, 1.54) is 0 Å². The molecule has 2 aromatic rings. The molecule has 1 atom stereocenters. The Labute approximate surface area is 154 Å². The van der Waals surface area contributed by atoms with E-state index in [2.05, 4.69) is 5.32 Å². The average Bonchev–Trinajstić information content (AvgIpc) is 2.57. The topological polar surface area (TPSA) is 29.1 Å². The maximum Gasteiger partial charge on any atom is 0.258 e. The molecule has 7 heteroatoms. The number of carbonyl (C=O) groups is 1. The predicted octanol–water partition coefficient (Wildman–Crippen LogP) is 5.25. The van der Waals surface area contributed by atoms with Crippen molar-refractivity contribution in [2.45, 2.75) is 32.2 Å². The summed E-state index contributed by atoms with van der Waals surface area (Å²) in [7, 11) is 0. The highest BCUT2D eigenvalue weighted by Gasteiger charge is 2.26. The van der Waals surface area contributed by atoms with E-state index in [0.29, 0.717) is 5.56 Å². The van der Waals surface area contributed by atoms with E-state index in [1.54, 1.807) is 12.1 Å². The number of hydrogen-bond acceptors (Lipinski definition) is 1. The van der Waals surface area contributed by atoms with Crippen LogP contribution in [0.1, 0.15) is 48.3 Å². The molecule has 1 unspecified atom stereocenters. The lowest BCUT2D eigenvalue weighted by Gasteiger charge is -2.21. The first kappa shape index (κ1) is 20.2. The fourth-order valence-corrected chi connectivity index (χ4v) is 2.68. The summed E-state index contributed by atoms with van der Waals surface area (Å²) in [5.74, 6) is -8.18. The number of hydrogen-bond donors (Lipinski definition) is 1. The second kappa shape index (κ2) is 7.66. The fraction of sp³-hybridized carbons (Fsp3) is 0.316. The zero-order valence-corrected chi connectivity index (χ0v) is 15.2. The number of halogens is 5. The molecule has 2 nitrogen and oxygen atoms in total. The minimum atomic E-state index is -1.75. The van der Waals surface area contributed by atoms with Crippen LogP contribution in [0.25, 0.3) is 0 Å². The summed E-state index contributed by atoms with van der Waals surface area (Å²) in [6, 6.07) is 6.42. The van der Waals surface area contributed by atoms with Crippen LogP contribution >= 0.6 is 11.6 Å². The van der Waals surface area contributed by atoms with Crippen LogP contribution in [0.5, 0.6) is 0 Å². The maximum atomic E-state index is 13.8. The number of nitrogens with one attached hydrogen (secondary N) is 1. The first-order valence-electron chi connectivity index (χ1n) is 7.86. The van der Waals surface area contributed by atoms with Crippen molar-refractivity contribution in [2.75, 3.05) is 5.88 Å². The molecule has 0 aromatic heterocycles. The number of amides is 1. The normalized spacial score (nSPS) is 12.8. The Bertz CT molecular complexity index is 790. The van der Waals surface area contributed by atoms with Crippen LogP contribution in [0.2, 0.25) is 0 Å². The van der Waals surface area contributed by atoms with Crippen molar-refractivity contribution in [2.24, 2.45) is 0 Å². The Morgan fingerprint density at radius 1 is 1.04 bits per heavy atom. The third-order valence-electron chi connectivity index (χ3n) is 3.98. The van der Waals surface area contributed by atoms with Gasteiger partial charge >= 0.3 is 0 Å². The standard InChI is InChI=1S/C19H18ClF4NO/c1-19(2,3)11-6-4-10(5-7-11)14(9-20)25-18(26)15-16(23)12(21)8-13(22)17(15)24/h4-8,14H,9H2,1-3H3,(H,25,26). The van der Waals surface area contributed by atoms with E-state index < -0.39 is 40.8 Å². The summed E-state index contributed by atoms with van der Waals surface area (Å²) >= 11 is 5.86. The van der Waals surface area contributed by atoms with E-state index in [0.717, 1.165) is 5.56 Å². The van der Waals surface area contributed by atoms with E-state index >= 15 is 0 Å². The molecule has 26 heavy (non-hydrogen) atoms. The van der Waals surface area contributed by atoms with Gasteiger partial charge in [-0.3, -0.25) is 4.79 Å². The molecule has 1 N–H and O–H groups in total. The number of carbonyl (C=O) groups excluding carboxylic acids is 1. The molecule has 0 spiro atoms. The fourth-order valence-electron chi connectivity index (χ4n) is 2.43. The lowest BCUT2D eigenvalue weighted by atomic mass is 9.86. The molecule has 0 radical (unpaired) electrons. The summed E-state index contributed by atoms with van der Waals surface area (Å²) in [5, 5.41) is 2.31. The minimum Gasteiger partial charge on any atom is -0.344 e. The lowest BCUT2D eigenvalue weighted by Crippen LogP contribution is -2.31. The molecular formula is C19H18ClF4NO. The third-order valence-corrected chi connectivity index (χ3v) is 4.29. The number of benzene rings is 2. The summed E-state index contributed by atoms with van der Waals surface area (Å²) in [4.78, 5) is 12.2. The van der Waals surface area contributed by atoms with Gasteiger partial charge in [0.1, 0.15) is 5.56 Å². The SMILES string of the molecule is CC(C)(C)c1ccc(C(CCl)NC(=O)c2c(F)c(F)cc(F)c2F)cc1. The minimum absolute atomic E-state index is 0.0473. The summed E-state index contributed by atoms with van der Waals surface area (Å²) < 4.78 is 54.1. The molecule has 0 bridgehead atoms. The van der Waals surface area contributed by atoms with Gasteiger partial charge in [-0.15, -0.1) is 11.6 Å². The van der Waals surface area contributed by atoms with Crippen molar-refractivity contribution < 1.29 is 22.4 Å². The smallest absolute Gasteiger partial charge is 0.258 e. The molecule has 0 fully saturated rings. The molecular weight excluding hydrogens is 370 g/mol. The number of alkyl halides is 1. The average molecular weight is 388 g/mol. The highest BCUT2D eigenvalue weighted by atomic mass is 35.5. The van der Waals surface area contributed by atoms with Crippen molar-refractivity contribution in [3.8, 4) is 0 Å². The zero-order valence-electron chi connectivity index (χ0n) is 14.5. The van der Waals surface area contributed by atoms with E-state index in [4.69, 9.17) is 11.6 Å². The molecule has 2 aromatic carbocycles. The molecule has 0 heterocycles. The Balaban J connectivity index is 2.30. The van der Waals surface area contributed by atoms with Gasteiger partial charge in [0.25, 0.3) is 5.91 Å². The molecule has 0 saturated carbocycles. The first-order valence-corrected chi connectivity index (χ1v) is 8.40. The van der Waals surface area contributed by atoms with Crippen molar-refractivity contribution in [3.05, 3.63) is 70.3 Å². The summed E-state index contributed by atoms with van der Waals surface area (Å²) in [6.45, 7) is 6.10. The van der Waals surface area contributed by atoms with Gasteiger partial charge in [-0.25, -0.2) is 17.6 Å². The second-order valence-electron chi connectivity index (χ2n) is 6.90. The van der Waals surface area contributed by atoms with Crippen molar-refractivity contribution in [3.63, 3.8) is 0 Å². The molecule has 1 amide bonds. The maximum absolute atomic E-state index is 13.8. The first-order chi connectivity index (χ1) is 12.1. The summed E-state index contributed by atoms with van der Waals surface area (Å²) in [5.41, 5.74) is 0.247. The Kier molecular flexibility index (Phi) is 5.96. The van der Waals surface area contributed by atoms with Crippen LogP contribution in [0, 0.1) is 23.3 Å². The quantitative estimate of drug-likeness (QED) is 0.433. The van der Waals surface area contributed by atoms with Gasteiger partial charge in [-0.05, 0) is 16.5 Å². The molecule has 0 saturated heterocycles. The zero-order chi connectivity index (χ0) is 19.6.